The maximum absolute atomic E-state index is 13.4. The average molecular weight is 431 g/mol. The monoisotopic (exact) mass is 430 g/mol. The number of nitrogens with zero attached hydrogens (tertiary/aromatic N) is 1. The van der Waals surface area contributed by atoms with Crippen LogP contribution >= 0.6 is 0 Å². The molecule has 0 unspecified atom stereocenters. The number of benzene rings is 2. The third-order valence-electron chi connectivity index (χ3n) is 5.43. The molecule has 6 nitrogen and oxygen atoms in total. The molecule has 0 aromatic heterocycles. The van der Waals surface area contributed by atoms with Crippen molar-refractivity contribution in [3.05, 3.63) is 59.9 Å². The van der Waals surface area contributed by atoms with Gasteiger partial charge in [-0.25, -0.2) is 4.39 Å². The van der Waals surface area contributed by atoms with Crippen molar-refractivity contribution in [1.29, 1.82) is 0 Å². The maximum atomic E-state index is 13.4. The molecule has 1 heterocycles. The van der Waals surface area contributed by atoms with E-state index in [1.807, 2.05) is 12.1 Å². The van der Waals surface area contributed by atoms with Crippen molar-refractivity contribution in [2.24, 2.45) is 11.8 Å². The zero-order chi connectivity index (χ0) is 22.1. The minimum absolute atomic E-state index is 0.0438. The molecule has 0 radical (unpaired) electrons. The summed E-state index contributed by atoms with van der Waals surface area (Å²) in [6.07, 6.45) is 1.50. The van der Waals surface area contributed by atoms with E-state index in [0.29, 0.717) is 38.6 Å². The number of halogens is 1. The quantitative estimate of drug-likeness (QED) is 0.567. The fourth-order valence-electron chi connectivity index (χ4n) is 3.95. The number of hydrogen-bond donors (Lipinski definition) is 2. The second kappa shape index (κ2) is 11.7. The summed E-state index contributed by atoms with van der Waals surface area (Å²) in [5.41, 5.74) is 1.07. The predicted molar refractivity (Wildman–Crippen MR) is 116 cm³/mol. The number of aromatic hydroxyl groups is 1. The zero-order valence-corrected chi connectivity index (χ0v) is 17.9. The van der Waals surface area contributed by atoms with Crippen molar-refractivity contribution in [3.8, 4) is 11.5 Å². The number of phenols is 1. The van der Waals surface area contributed by atoms with E-state index in [-0.39, 0.29) is 29.3 Å². The molecular formula is C24H31FN2O4. The van der Waals surface area contributed by atoms with E-state index in [9.17, 15) is 14.3 Å². The molecule has 168 valence electrons. The third kappa shape index (κ3) is 7.52. The van der Waals surface area contributed by atoms with Gasteiger partial charge >= 0.3 is 0 Å². The predicted octanol–water partition coefficient (Wildman–Crippen LogP) is 3.20. The lowest BCUT2D eigenvalue weighted by Gasteiger charge is -2.37. The van der Waals surface area contributed by atoms with Gasteiger partial charge in [0.1, 0.15) is 17.3 Å². The van der Waals surface area contributed by atoms with Crippen LogP contribution in [0.15, 0.2) is 48.5 Å². The molecule has 1 amide bonds. The first-order chi connectivity index (χ1) is 15.0. The largest absolute Gasteiger partial charge is 0.508 e. The first kappa shape index (κ1) is 23.0. The molecule has 1 saturated heterocycles. The molecule has 2 aromatic rings. The number of rotatable bonds is 10. The molecule has 1 aliphatic heterocycles. The summed E-state index contributed by atoms with van der Waals surface area (Å²) in [6, 6.07) is 13.2. The van der Waals surface area contributed by atoms with Crippen LogP contribution in [-0.4, -0.2) is 55.9 Å². The van der Waals surface area contributed by atoms with Gasteiger partial charge < -0.3 is 19.9 Å². The number of carbonyl (C=O) groups is 1. The Balaban J connectivity index is 1.62. The highest BCUT2D eigenvalue weighted by Crippen LogP contribution is 2.25. The fourth-order valence-corrected chi connectivity index (χ4v) is 3.95. The first-order valence-corrected chi connectivity index (χ1v) is 10.7. The van der Waals surface area contributed by atoms with Gasteiger partial charge in [-0.2, -0.15) is 0 Å². The molecule has 31 heavy (non-hydrogen) atoms. The fraction of sp³-hybridized carbons (Fsp3) is 0.458. The summed E-state index contributed by atoms with van der Waals surface area (Å²) in [7, 11) is 1.65. The van der Waals surface area contributed by atoms with Crippen molar-refractivity contribution in [2.45, 2.75) is 19.4 Å². The van der Waals surface area contributed by atoms with Crippen LogP contribution in [0.3, 0.4) is 0 Å². The minimum Gasteiger partial charge on any atom is -0.508 e. The number of hydrogen-bond acceptors (Lipinski definition) is 5. The van der Waals surface area contributed by atoms with Crippen LogP contribution in [0.2, 0.25) is 0 Å². The molecule has 0 bridgehead atoms. The van der Waals surface area contributed by atoms with Gasteiger partial charge in [-0.1, -0.05) is 18.2 Å². The smallest absolute Gasteiger partial charge is 0.224 e. The van der Waals surface area contributed by atoms with Crippen LogP contribution in [0.1, 0.15) is 18.4 Å². The van der Waals surface area contributed by atoms with E-state index in [4.69, 9.17) is 9.47 Å². The Kier molecular flexibility index (Phi) is 8.67. The molecule has 1 fully saturated rings. The van der Waals surface area contributed by atoms with E-state index in [0.717, 1.165) is 24.9 Å². The van der Waals surface area contributed by atoms with Gasteiger partial charge in [0.05, 0.1) is 12.5 Å². The number of carbonyl (C=O) groups excluding carboxylic acids is 1. The molecular weight excluding hydrogens is 399 g/mol. The molecule has 0 spiro atoms. The van der Waals surface area contributed by atoms with Crippen LogP contribution in [-0.2, 0) is 16.1 Å². The average Bonchev–Trinajstić information content (AvgIpc) is 2.77. The van der Waals surface area contributed by atoms with E-state index < -0.39 is 0 Å². The van der Waals surface area contributed by atoms with Gasteiger partial charge in [0.2, 0.25) is 5.91 Å². The van der Waals surface area contributed by atoms with Crippen molar-refractivity contribution in [3.63, 3.8) is 0 Å². The first-order valence-electron chi connectivity index (χ1n) is 10.7. The number of ether oxygens (including phenoxy) is 2. The van der Waals surface area contributed by atoms with Crippen LogP contribution in [0.4, 0.5) is 4.39 Å². The standard InChI is InChI=1S/C24H31FN2O4/c1-30-11-3-10-26-24(29)20-12-19(17-31-23-5-2-4-21(25)13-23)15-27(16-20)14-18-6-8-22(28)9-7-18/h2,4-9,13,19-20,28H,3,10-12,14-17H2,1H3,(H,26,29)/t19-,20+/m0/s1. The second-order valence-electron chi connectivity index (χ2n) is 8.06. The lowest BCUT2D eigenvalue weighted by atomic mass is 9.88. The Morgan fingerprint density at radius 2 is 2.03 bits per heavy atom. The number of methoxy groups -OCH3 is 1. The van der Waals surface area contributed by atoms with E-state index >= 15 is 0 Å². The van der Waals surface area contributed by atoms with Gasteiger partial charge in [0.25, 0.3) is 0 Å². The number of nitrogens with one attached hydrogen (secondary N) is 1. The summed E-state index contributed by atoms with van der Waals surface area (Å²) in [5.74, 6) is 0.442. The van der Waals surface area contributed by atoms with Gasteiger partial charge in [0.15, 0.2) is 0 Å². The van der Waals surface area contributed by atoms with Crippen molar-refractivity contribution >= 4 is 5.91 Å². The molecule has 0 saturated carbocycles. The molecule has 3 rings (SSSR count). The Morgan fingerprint density at radius 1 is 1.23 bits per heavy atom. The molecule has 0 aliphatic carbocycles. The molecule has 2 N–H and O–H groups in total. The number of piperidine rings is 1. The molecule has 7 heteroatoms. The summed E-state index contributed by atoms with van der Waals surface area (Å²) in [6.45, 7) is 3.75. The summed E-state index contributed by atoms with van der Waals surface area (Å²) in [4.78, 5) is 15.0. The minimum atomic E-state index is -0.330. The van der Waals surface area contributed by atoms with Crippen molar-refractivity contribution < 1.29 is 23.8 Å². The lowest BCUT2D eigenvalue weighted by molar-refractivity contribution is -0.127. The lowest BCUT2D eigenvalue weighted by Crippen LogP contribution is -2.47. The van der Waals surface area contributed by atoms with Gasteiger partial charge in [-0.05, 0) is 42.7 Å². The second-order valence-corrected chi connectivity index (χ2v) is 8.06. The highest BCUT2D eigenvalue weighted by atomic mass is 19.1. The van der Waals surface area contributed by atoms with Crippen molar-refractivity contribution in [1.82, 2.24) is 10.2 Å². The number of amides is 1. The van der Waals surface area contributed by atoms with Crippen molar-refractivity contribution in [2.75, 3.05) is 40.0 Å². The normalized spacial score (nSPS) is 19.2. The molecule has 2 aromatic carbocycles. The summed E-state index contributed by atoms with van der Waals surface area (Å²) < 4.78 is 24.3. The van der Waals surface area contributed by atoms with Gasteiger partial charge in [-0.15, -0.1) is 0 Å². The Hall–Kier alpha value is -2.64. The Labute approximate surface area is 183 Å². The Morgan fingerprint density at radius 3 is 2.77 bits per heavy atom. The van der Waals surface area contributed by atoms with E-state index in [1.54, 1.807) is 31.4 Å². The number of likely N-dealkylation sites (tertiary alicyclic amines) is 1. The van der Waals surface area contributed by atoms with Crippen LogP contribution in [0.25, 0.3) is 0 Å². The van der Waals surface area contributed by atoms with Gasteiger partial charge in [-0.3, -0.25) is 9.69 Å². The van der Waals surface area contributed by atoms with E-state index in [2.05, 4.69) is 10.2 Å². The zero-order valence-electron chi connectivity index (χ0n) is 17.9. The molecule has 2 atom stereocenters. The highest BCUT2D eigenvalue weighted by Gasteiger charge is 2.32. The Bertz CT molecular complexity index is 831. The molecule has 1 aliphatic rings. The van der Waals surface area contributed by atoms with E-state index in [1.165, 1.54) is 12.1 Å². The summed E-state index contributed by atoms with van der Waals surface area (Å²) >= 11 is 0. The van der Waals surface area contributed by atoms with Gasteiger partial charge in [0, 0.05) is 51.9 Å². The van der Waals surface area contributed by atoms with Crippen LogP contribution < -0.4 is 10.1 Å². The number of phenolic OH excluding ortho intramolecular Hbond substituents is 1. The highest BCUT2D eigenvalue weighted by molar-refractivity contribution is 5.79. The maximum Gasteiger partial charge on any atom is 0.224 e. The summed E-state index contributed by atoms with van der Waals surface area (Å²) in [5, 5.41) is 12.5. The third-order valence-corrected chi connectivity index (χ3v) is 5.43. The topological polar surface area (TPSA) is 71.0 Å². The van der Waals surface area contributed by atoms with Crippen LogP contribution in [0.5, 0.6) is 11.5 Å². The van der Waals surface area contributed by atoms with Crippen LogP contribution in [0, 0.1) is 17.7 Å². The SMILES string of the molecule is COCCCNC(=O)[C@@H]1C[C@H](COc2cccc(F)c2)CN(Cc2ccc(O)cc2)C1.